The number of halogens is 3. The lowest BCUT2D eigenvalue weighted by Gasteiger charge is -2.10. The molecular weight excluding hydrogens is 301 g/mol. The lowest BCUT2D eigenvalue weighted by atomic mass is 10.1. The summed E-state index contributed by atoms with van der Waals surface area (Å²) >= 11 is 0. The zero-order valence-electron chi connectivity index (χ0n) is 11.4. The molecule has 0 amide bonds. The van der Waals surface area contributed by atoms with Crippen molar-refractivity contribution in [1.82, 2.24) is 9.97 Å². The van der Waals surface area contributed by atoms with Crippen LogP contribution in [-0.2, 0) is 0 Å². The Hall–Kier alpha value is -2.68. The van der Waals surface area contributed by atoms with Gasteiger partial charge in [0.15, 0.2) is 6.29 Å². The molecule has 0 saturated carbocycles. The van der Waals surface area contributed by atoms with Gasteiger partial charge < -0.3 is 21.2 Å². The molecule has 0 aliphatic carbocycles. The van der Waals surface area contributed by atoms with E-state index >= 15 is 0 Å². The van der Waals surface area contributed by atoms with E-state index in [-0.39, 0.29) is 17.0 Å². The van der Waals surface area contributed by atoms with Crippen LogP contribution in [0.3, 0.4) is 0 Å². The van der Waals surface area contributed by atoms with Crippen molar-refractivity contribution in [3.63, 3.8) is 0 Å². The van der Waals surface area contributed by atoms with Gasteiger partial charge in [-0.15, -0.1) is 0 Å². The van der Waals surface area contributed by atoms with Gasteiger partial charge in [-0.25, -0.2) is 4.98 Å². The molecule has 0 aromatic carbocycles. The maximum Gasteiger partial charge on any atom is 0.431 e. The Balaban J connectivity index is 0.00000116. The molecule has 9 heteroatoms. The number of aliphatic hydroxyl groups is 1. The highest BCUT2D eigenvalue weighted by atomic mass is 19.4. The van der Waals surface area contributed by atoms with E-state index in [1.807, 2.05) is 0 Å². The number of nitrogens with one attached hydrogen (secondary N) is 2. The predicted octanol–water partition coefficient (Wildman–Crippen LogP) is 1.87. The largest absolute Gasteiger partial charge is 0.431 e. The summed E-state index contributed by atoms with van der Waals surface area (Å²) in [6.45, 7) is 0. The molecule has 2 rings (SSSR count). The van der Waals surface area contributed by atoms with Crippen LogP contribution >= 0.6 is 0 Å². The second-order valence-corrected chi connectivity index (χ2v) is 3.95. The first kappa shape index (κ1) is 17.4. The summed E-state index contributed by atoms with van der Waals surface area (Å²) in [7, 11) is 1.00. The maximum atomic E-state index is 12.6. The van der Waals surface area contributed by atoms with Gasteiger partial charge in [0.1, 0.15) is 11.3 Å². The third-order valence-electron chi connectivity index (χ3n) is 2.64. The number of nitrogens with zero attached hydrogens (tertiary/aromatic N) is 1. The van der Waals surface area contributed by atoms with E-state index in [1.54, 1.807) is 0 Å². The molecular formula is C13H13F3N4O2. The van der Waals surface area contributed by atoms with Crippen molar-refractivity contribution in [2.75, 3.05) is 7.11 Å². The molecule has 0 atom stereocenters. The number of aromatic nitrogens is 2. The summed E-state index contributed by atoms with van der Waals surface area (Å²) in [6.07, 6.45) is -3.67. The predicted molar refractivity (Wildman–Crippen MR) is 75.6 cm³/mol. The highest BCUT2D eigenvalue weighted by Gasteiger charge is 2.34. The zero-order chi connectivity index (χ0) is 16.9. The van der Waals surface area contributed by atoms with E-state index in [0.717, 1.165) is 7.11 Å². The molecule has 5 N–H and O–H groups in total. The Morgan fingerprint density at radius 3 is 2.55 bits per heavy atom. The van der Waals surface area contributed by atoms with Gasteiger partial charge in [0.05, 0.1) is 11.4 Å². The zero-order valence-corrected chi connectivity index (χ0v) is 11.4. The van der Waals surface area contributed by atoms with Gasteiger partial charge in [-0.3, -0.25) is 4.79 Å². The molecule has 0 spiro atoms. The fourth-order valence-electron chi connectivity index (χ4n) is 1.68. The Kier molecular flexibility index (Phi) is 5.41. The number of hydrogen-bond donors (Lipinski definition) is 4. The number of aldehydes is 1. The van der Waals surface area contributed by atoms with Crippen LogP contribution in [0.1, 0.15) is 16.2 Å². The molecule has 6 nitrogen and oxygen atoms in total. The molecule has 2 aromatic rings. The van der Waals surface area contributed by atoms with Crippen LogP contribution in [0, 0.1) is 5.41 Å². The average Bonchev–Trinajstić information content (AvgIpc) is 2.91. The fourth-order valence-corrected chi connectivity index (χ4v) is 1.68. The molecule has 0 aliphatic heterocycles. The van der Waals surface area contributed by atoms with Gasteiger partial charge in [-0.2, -0.15) is 13.2 Å². The number of fused-ring (bicyclic) bond motifs is 1. The van der Waals surface area contributed by atoms with E-state index in [2.05, 4.69) is 9.97 Å². The van der Waals surface area contributed by atoms with Gasteiger partial charge in [0.2, 0.25) is 0 Å². The number of nitrogens with two attached hydrogens (primary N) is 1. The number of alkyl halides is 3. The van der Waals surface area contributed by atoms with Crippen molar-refractivity contribution >= 4 is 29.1 Å². The van der Waals surface area contributed by atoms with Crippen molar-refractivity contribution in [1.29, 1.82) is 5.41 Å². The highest BCUT2D eigenvalue weighted by Crippen LogP contribution is 2.28. The first-order valence-corrected chi connectivity index (χ1v) is 5.84. The fraction of sp³-hybridized carbons (Fsp3) is 0.154. The van der Waals surface area contributed by atoms with E-state index in [4.69, 9.17) is 16.2 Å². The molecule has 118 valence electrons. The van der Waals surface area contributed by atoms with E-state index in [1.165, 1.54) is 18.2 Å². The molecule has 22 heavy (non-hydrogen) atoms. The molecule has 0 radical (unpaired) electrons. The Labute approximate surface area is 123 Å². The van der Waals surface area contributed by atoms with Crippen molar-refractivity contribution in [3.8, 4) is 0 Å². The number of aromatic amines is 1. The number of H-pyrrole nitrogens is 1. The second-order valence-electron chi connectivity index (χ2n) is 3.95. The summed E-state index contributed by atoms with van der Waals surface area (Å²) in [5, 5.41) is 14.7. The third kappa shape index (κ3) is 3.50. The smallest absolute Gasteiger partial charge is 0.400 e. The van der Waals surface area contributed by atoms with Crippen LogP contribution in [0.5, 0.6) is 0 Å². The summed E-state index contributed by atoms with van der Waals surface area (Å²) in [5.74, 6) is 0. The topological polar surface area (TPSA) is 116 Å². The minimum absolute atomic E-state index is 0.0957. The van der Waals surface area contributed by atoms with Crippen LogP contribution in [0.15, 0.2) is 23.9 Å². The number of carbonyl (C=O) groups excluding carboxylic acids is 1. The van der Waals surface area contributed by atoms with E-state index < -0.39 is 17.4 Å². The summed E-state index contributed by atoms with van der Waals surface area (Å²) in [6, 6.07) is 4.32. The highest BCUT2D eigenvalue weighted by molar-refractivity contribution is 6.09. The minimum atomic E-state index is -4.74. The van der Waals surface area contributed by atoms with Crippen molar-refractivity contribution in [3.05, 3.63) is 35.3 Å². The Morgan fingerprint density at radius 1 is 1.41 bits per heavy atom. The van der Waals surface area contributed by atoms with Gasteiger partial charge in [-0.1, -0.05) is 0 Å². The normalized spacial score (nSPS) is 12.2. The van der Waals surface area contributed by atoms with E-state index in [0.29, 0.717) is 17.9 Å². The van der Waals surface area contributed by atoms with Crippen LogP contribution in [-0.4, -0.2) is 40.9 Å². The number of carbonyl (C=O) groups is 1. The lowest BCUT2D eigenvalue weighted by molar-refractivity contribution is -0.0919. The molecule has 0 unspecified atom stereocenters. The maximum absolute atomic E-state index is 12.6. The molecule has 0 saturated heterocycles. The Morgan fingerprint density at radius 2 is 2.05 bits per heavy atom. The summed E-state index contributed by atoms with van der Waals surface area (Å²) in [5.41, 5.74) is 3.51. The number of pyridine rings is 1. The molecule has 0 aliphatic rings. The van der Waals surface area contributed by atoms with Crippen molar-refractivity contribution in [2.24, 2.45) is 5.73 Å². The first-order valence-electron chi connectivity index (χ1n) is 5.84. The van der Waals surface area contributed by atoms with E-state index in [9.17, 15) is 18.0 Å². The Bertz CT molecular complexity index is 720. The average molecular weight is 314 g/mol. The number of allylic oxidation sites excluding steroid dienone is 2. The van der Waals surface area contributed by atoms with Gasteiger partial charge in [-0.05, 0) is 18.2 Å². The van der Waals surface area contributed by atoms with Gasteiger partial charge in [0, 0.05) is 24.3 Å². The monoisotopic (exact) mass is 314 g/mol. The summed E-state index contributed by atoms with van der Waals surface area (Å²) in [4.78, 5) is 17.2. The second kappa shape index (κ2) is 6.85. The van der Waals surface area contributed by atoms with Crippen LogP contribution < -0.4 is 5.73 Å². The first-order chi connectivity index (χ1) is 10.4. The van der Waals surface area contributed by atoms with Crippen LogP contribution in [0.2, 0.25) is 0 Å². The molecule has 0 bridgehead atoms. The number of aliphatic hydroxyl groups excluding tert-OH is 1. The molecule has 0 fully saturated rings. The lowest BCUT2D eigenvalue weighted by Crippen LogP contribution is -2.22. The number of rotatable bonds is 3. The molecule has 2 heterocycles. The number of hydrogen-bond acceptors (Lipinski definition) is 5. The van der Waals surface area contributed by atoms with Crippen molar-refractivity contribution in [2.45, 2.75) is 6.18 Å². The van der Waals surface area contributed by atoms with Gasteiger partial charge >= 0.3 is 6.18 Å². The van der Waals surface area contributed by atoms with Crippen molar-refractivity contribution < 1.29 is 23.1 Å². The standard InChI is InChI=1S/C12H9F3N4O.CH4O/c13-12(14,15)10(17)8(4-16)9-2-1-6-3-7(5-20)18-11(6)19-9;1-2/h1-5,16H,17H2,(H,18,19);2H,1H3/b10-8+,16-4?;. The summed E-state index contributed by atoms with van der Waals surface area (Å²) < 4.78 is 37.7. The van der Waals surface area contributed by atoms with Crippen LogP contribution in [0.25, 0.3) is 16.6 Å². The SMILES string of the molecule is CO.N=C/C(=C(\N)C(F)(F)F)c1ccc2cc(C=O)[nH]c2n1. The van der Waals surface area contributed by atoms with Gasteiger partial charge in [0.25, 0.3) is 0 Å². The minimum Gasteiger partial charge on any atom is -0.400 e. The third-order valence-corrected chi connectivity index (χ3v) is 2.64. The quantitative estimate of drug-likeness (QED) is 0.511. The molecule has 2 aromatic heterocycles. The van der Waals surface area contributed by atoms with Crippen LogP contribution in [0.4, 0.5) is 13.2 Å².